The molecule has 0 aromatic heterocycles. The molecule has 2 aromatic carbocycles. The molecule has 0 radical (unpaired) electrons. The summed E-state index contributed by atoms with van der Waals surface area (Å²) in [5.74, 6) is 0.805. The van der Waals surface area contributed by atoms with Gasteiger partial charge in [-0.1, -0.05) is 66.3 Å². The van der Waals surface area contributed by atoms with Gasteiger partial charge in [0.1, 0.15) is 0 Å². The molecule has 124 valence electrons. The summed E-state index contributed by atoms with van der Waals surface area (Å²) in [5.41, 5.74) is 5.32. The highest BCUT2D eigenvalue weighted by atomic mass is 16.7. The van der Waals surface area contributed by atoms with Gasteiger partial charge in [-0.05, 0) is 5.56 Å². The second-order valence-corrected chi connectivity index (χ2v) is 6.01. The number of benzene rings is 2. The van der Waals surface area contributed by atoms with E-state index in [4.69, 9.17) is 9.57 Å². The van der Waals surface area contributed by atoms with Crippen molar-refractivity contribution < 1.29 is 9.57 Å². The van der Waals surface area contributed by atoms with Crippen LogP contribution in [0.15, 0.2) is 66.9 Å². The summed E-state index contributed by atoms with van der Waals surface area (Å²) >= 11 is 0. The van der Waals surface area contributed by atoms with Crippen molar-refractivity contribution in [2.45, 2.75) is 12.8 Å². The van der Waals surface area contributed by atoms with Crippen molar-refractivity contribution in [3.05, 3.63) is 78.0 Å². The maximum atomic E-state index is 5.91. The van der Waals surface area contributed by atoms with Gasteiger partial charge in [-0.3, -0.25) is 9.91 Å². The number of nitrogens with zero attached hydrogens (tertiary/aromatic N) is 2. The zero-order chi connectivity index (χ0) is 16.2. The van der Waals surface area contributed by atoms with E-state index in [0.717, 1.165) is 31.0 Å². The largest absolute Gasteiger partial charge is 0.387 e. The van der Waals surface area contributed by atoms with E-state index in [2.05, 4.69) is 34.8 Å². The molecule has 1 unspecified atom stereocenters. The Morgan fingerprint density at radius 1 is 1.00 bits per heavy atom. The second kappa shape index (κ2) is 7.05. The van der Waals surface area contributed by atoms with Crippen LogP contribution in [0.3, 0.4) is 0 Å². The minimum atomic E-state index is -0.0660. The average Bonchev–Trinajstić information content (AvgIpc) is 3.14. The van der Waals surface area contributed by atoms with E-state index in [1.807, 2.05) is 47.6 Å². The fourth-order valence-corrected chi connectivity index (χ4v) is 2.99. The molecule has 0 amide bonds. The quantitative estimate of drug-likeness (QED) is 0.936. The predicted octanol–water partition coefficient (Wildman–Crippen LogP) is 2.60. The minimum absolute atomic E-state index is 0.0660. The molecular formula is C19H21N3O2. The summed E-state index contributed by atoms with van der Waals surface area (Å²) in [5, 5.41) is 1.90. The second-order valence-electron chi connectivity index (χ2n) is 6.01. The lowest BCUT2D eigenvalue weighted by atomic mass is 10.2. The van der Waals surface area contributed by atoms with Gasteiger partial charge < -0.3 is 9.57 Å². The van der Waals surface area contributed by atoms with Crippen LogP contribution in [0.4, 0.5) is 0 Å². The van der Waals surface area contributed by atoms with Gasteiger partial charge in [0, 0.05) is 25.2 Å². The van der Waals surface area contributed by atoms with Gasteiger partial charge in [0.15, 0.2) is 12.0 Å². The average molecular weight is 323 g/mol. The van der Waals surface area contributed by atoms with Gasteiger partial charge in [-0.25, -0.2) is 0 Å². The number of rotatable bonds is 4. The third kappa shape index (κ3) is 3.43. The topological polar surface area (TPSA) is 37.0 Å². The first-order chi connectivity index (χ1) is 11.9. The Labute approximate surface area is 142 Å². The van der Waals surface area contributed by atoms with Crippen molar-refractivity contribution in [1.82, 2.24) is 15.5 Å². The van der Waals surface area contributed by atoms with Crippen molar-refractivity contribution in [2.75, 3.05) is 19.7 Å². The van der Waals surface area contributed by atoms with Crippen LogP contribution >= 0.6 is 0 Å². The Kier molecular flexibility index (Phi) is 4.46. The number of hydrogen-bond acceptors (Lipinski definition) is 5. The van der Waals surface area contributed by atoms with E-state index >= 15 is 0 Å². The lowest BCUT2D eigenvalue weighted by molar-refractivity contribution is -0.141. The molecule has 2 aliphatic heterocycles. The summed E-state index contributed by atoms with van der Waals surface area (Å²) in [7, 11) is 0. The summed E-state index contributed by atoms with van der Waals surface area (Å²) in [6.45, 7) is 3.41. The number of morpholine rings is 1. The van der Waals surface area contributed by atoms with Crippen molar-refractivity contribution in [1.29, 1.82) is 0 Å². The van der Waals surface area contributed by atoms with Crippen LogP contribution in [0.25, 0.3) is 5.76 Å². The Balaban J connectivity index is 1.40. The molecule has 0 saturated carbocycles. The molecule has 5 heteroatoms. The highest BCUT2D eigenvalue weighted by Gasteiger charge is 2.28. The molecular weight excluding hydrogens is 302 g/mol. The fraction of sp³-hybridized carbons (Fsp3) is 0.263. The van der Waals surface area contributed by atoms with Crippen LogP contribution in [0.2, 0.25) is 0 Å². The third-order valence-electron chi connectivity index (χ3n) is 4.27. The van der Waals surface area contributed by atoms with Crippen LogP contribution in [0.1, 0.15) is 11.1 Å². The monoisotopic (exact) mass is 323 g/mol. The number of nitrogens with one attached hydrogen (secondary N) is 1. The van der Waals surface area contributed by atoms with Gasteiger partial charge in [-0.2, -0.15) is 0 Å². The molecule has 2 heterocycles. The smallest absolute Gasteiger partial charge is 0.174 e. The number of hydrazine groups is 1. The van der Waals surface area contributed by atoms with Gasteiger partial charge in [-0.15, -0.1) is 0 Å². The zero-order valence-corrected chi connectivity index (χ0v) is 13.5. The maximum absolute atomic E-state index is 5.91. The van der Waals surface area contributed by atoms with Gasteiger partial charge in [0.05, 0.1) is 12.8 Å². The normalized spacial score (nSPS) is 21.4. The van der Waals surface area contributed by atoms with E-state index in [0.29, 0.717) is 6.61 Å². The van der Waals surface area contributed by atoms with Crippen LogP contribution in [0, 0.1) is 0 Å². The molecule has 1 saturated heterocycles. The van der Waals surface area contributed by atoms with Crippen molar-refractivity contribution >= 4 is 5.76 Å². The molecule has 0 aliphatic carbocycles. The molecule has 2 aromatic rings. The number of hydrogen-bond donors (Lipinski definition) is 1. The van der Waals surface area contributed by atoms with Crippen molar-refractivity contribution in [2.24, 2.45) is 0 Å². The molecule has 2 aliphatic rings. The van der Waals surface area contributed by atoms with Crippen LogP contribution in [-0.4, -0.2) is 35.8 Å². The maximum Gasteiger partial charge on any atom is 0.174 e. The minimum Gasteiger partial charge on any atom is -0.387 e. The molecule has 5 nitrogen and oxygen atoms in total. The Morgan fingerprint density at radius 3 is 2.54 bits per heavy atom. The predicted molar refractivity (Wildman–Crippen MR) is 91.9 cm³/mol. The molecule has 4 rings (SSSR count). The summed E-state index contributed by atoms with van der Waals surface area (Å²) in [6, 6.07) is 20.6. The summed E-state index contributed by atoms with van der Waals surface area (Å²) < 4.78 is 5.91. The SMILES string of the molecule is C1=C(c2ccccc2)ONN1C1CN(Cc2ccccc2)CCO1. The zero-order valence-electron chi connectivity index (χ0n) is 13.5. The van der Waals surface area contributed by atoms with Crippen LogP contribution < -0.4 is 5.59 Å². The Morgan fingerprint density at radius 2 is 1.75 bits per heavy atom. The van der Waals surface area contributed by atoms with Crippen LogP contribution in [0.5, 0.6) is 0 Å². The van der Waals surface area contributed by atoms with E-state index in [9.17, 15) is 0 Å². The van der Waals surface area contributed by atoms with Crippen LogP contribution in [-0.2, 0) is 16.1 Å². The fourth-order valence-electron chi connectivity index (χ4n) is 2.99. The van der Waals surface area contributed by atoms with Crippen molar-refractivity contribution in [3.8, 4) is 0 Å². The van der Waals surface area contributed by atoms with Crippen molar-refractivity contribution in [3.63, 3.8) is 0 Å². The first kappa shape index (κ1) is 15.2. The van der Waals surface area contributed by atoms with Gasteiger partial charge in [0.25, 0.3) is 0 Å². The molecule has 1 N–H and O–H groups in total. The molecule has 0 bridgehead atoms. The standard InChI is InChI=1S/C19H21N3O2/c1-3-7-16(8-4-1)13-21-11-12-23-19(15-21)22-14-18(24-20-22)17-9-5-2-6-10-17/h1-10,14,19-20H,11-13,15H2. The molecule has 1 atom stereocenters. The molecule has 0 spiro atoms. The van der Waals surface area contributed by atoms with E-state index in [1.165, 1.54) is 5.56 Å². The van der Waals surface area contributed by atoms with Gasteiger partial charge in [0.2, 0.25) is 0 Å². The first-order valence-corrected chi connectivity index (χ1v) is 8.24. The highest BCUT2D eigenvalue weighted by Crippen LogP contribution is 2.22. The third-order valence-corrected chi connectivity index (χ3v) is 4.27. The van der Waals surface area contributed by atoms with Gasteiger partial charge >= 0.3 is 0 Å². The summed E-state index contributed by atoms with van der Waals surface area (Å²) in [4.78, 5) is 8.00. The molecule has 24 heavy (non-hydrogen) atoms. The lowest BCUT2D eigenvalue weighted by Gasteiger charge is -2.36. The van der Waals surface area contributed by atoms with E-state index < -0.39 is 0 Å². The Bertz CT molecular complexity index is 690. The molecule has 1 fully saturated rings. The Hall–Kier alpha value is -2.34. The summed E-state index contributed by atoms with van der Waals surface area (Å²) in [6.07, 6.45) is 1.90. The first-order valence-electron chi connectivity index (χ1n) is 8.24. The lowest BCUT2D eigenvalue weighted by Crippen LogP contribution is -2.51. The number of ether oxygens (including phenoxy) is 1. The van der Waals surface area contributed by atoms with E-state index in [-0.39, 0.29) is 6.23 Å². The highest BCUT2D eigenvalue weighted by molar-refractivity contribution is 5.59. The van der Waals surface area contributed by atoms with E-state index in [1.54, 1.807) is 0 Å².